The number of carboxylic acid groups (broad SMARTS) is 1. The van der Waals surface area contributed by atoms with Gasteiger partial charge in [-0.25, -0.2) is 0 Å². The first-order valence-corrected chi connectivity index (χ1v) is 8.67. The highest BCUT2D eigenvalue weighted by Gasteiger charge is 2.29. The lowest BCUT2D eigenvalue weighted by Gasteiger charge is -2.34. The number of rotatable bonds is 6. The van der Waals surface area contributed by atoms with Gasteiger partial charge in [-0.05, 0) is 42.2 Å². The Morgan fingerprint density at radius 3 is 2.92 bits per heavy atom. The van der Waals surface area contributed by atoms with Crippen LogP contribution in [0, 0.1) is 11.8 Å². The fraction of sp³-hybridized carbons (Fsp3) is 0.400. The predicted molar refractivity (Wildman–Crippen MR) is 95.2 cm³/mol. The van der Waals surface area contributed by atoms with E-state index in [2.05, 4.69) is 22.9 Å². The fourth-order valence-corrected chi connectivity index (χ4v) is 3.40. The maximum atomic E-state index is 11.3. The number of hydrogen-bond donors (Lipinski definition) is 1. The molecule has 0 saturated carbocycles. The number of likely N-dealkylation sites (tertiary alicyclic amines) is 1. The number of ether oxygens (including phenoxy) is 1. The maximum Gasteiger partial charge on any atom is 0.307 e. The molecule has 2 atom stereocenters. The summed E-state index contributed by atoms with van der Waals surface area (Å²) in [5, 5.41) is 9.31. The minimum absolute atomic E-state index is 0.271. The topological polar surface area (TPSA) is 62.7 Å². The van der Waals surface area contributed by atoms with Crippen LogP contribution in [0.3, 0.4) is 0 Å². The number of aromatic nitrogens is 1. The maximum absolute atomic E-state index is 11.3. The van der Waals surface area contributed by atoms with Crippen molar-refractivity contribution in [1.29, 1.82) is 0 Å². The molecule has 5 heteroatoms. The third-order valence-corrected chi connectivity index (χ3v) is 4.50. The molecule has 2 unspecified atom stereocenters. The molecule has 2 heterocycles. The van der Waals surface area contributed by atoms with E-state index in [-0.39, 0.29) is 5.92 Å². The molecule has 0 amide bonds. The summed E-state index contributed by atoms with van der Waals surface area (Å²) in [5.74, 6) is 0.248. The third kappa shape index (κ3) is 5.03. The summed E-state index contributed by atoms with van der Waals surface area (Å²) in [7, 11) is 0. The van der Waals surface area contributed by atoms with Crippen molar-refractivity contribution in [3.05, 3.63) is 59.9 Å². The number of nitrogens with zero attached hydrogens (tertiary/aromatic N) is 2. The lowest BCUT2D eigenvalue weighted by molar-refractivity contribution is -0.144. The van der Waals surface area contributed by atoms with Crippen LogP contribution in [-0.2, 0) is 17.9 Å². The zero-order valence-electron chi connectivity index (χ0n) is 14.5. The van der Waals surface area contributed by atoms with Crippen molar-refractivity contribution in [1.82, 2.24) is 9.88 Å². The first-order valence-electron chi connectivity index (χ1n) is 8.67. The smallest absolute Gasteiger partial charge is 0.307 e. The first-order chi connectivity index (χ1) is 12.1. The van der Waals surface area contributed by atoms with Crippen LogP contribution in [-0.4, -0.2) is 34.0 Å². The Hall–Kier alpha value is -2.40. The second-order valence-electron chi connectivity index (χ2n) is 6.83. The number of aliphatic carboxylic acids is 1. The molecule has 0 radical (unpaired) electrons. The van der Waals surface area contributed by atoms with E-state index in [4.69, 9.17) is 4.74 Å². The largest absolute Gasteiger partial charge is 0.487 e. The molecule has 0 bridgehead atoms. The SMILES string of the molecule is CC1CC(C(=O)O)CN(Cc2cccc(OCc3ccccn3)c2)C1. The van der Waals surface area contributed by atoms with Gasteiger partial charge < -0.3 is 9.84 Å². The molecule has 1 N–H and O–H groups in total. The molecule has 132 valence electrons. The average molecular weight is 340 g/mol. The summed E-state index contributed by atoms with van der Waals surface area (Å²) in [5.41, 5.74) is 2.03. The van der Waals surface area contributed by atoms with Gasteiger partial charge in [0.2, 0.25) is 0 Å². The van der Waals surface area contributed by atoms with Crippen LogP contribution in [0.1, 0.15) is 24.6 Å². The van der Waals surface area contributed by atoms with Crippen LogP contribution in [0.5, 0.6) is 5.75 Å². The van der Waals surface area contributed by atoms with Crippen molar-refractivity contribution in [2.24, 2.45) is 11.8 Å². The van der Waals surface area contributed by atoms with E-state index >= 15 is 0 Å². The Morgan fingerprint density at radius 1 is 1.28 bits per heavy atom. The standard InChI is InChI=1S/C20H24N2O3/c1-15-9-17(20(23)24)13-22(11-15)12-16-5-4-7-19(10-16)25-14-18-6-2-3-8-21-18/h2-8,10,15,17H,9,11-14H2,1H3,(H,23,24). The van der Waals surface area contributed by atoms with Gasteiger partial charge in [-0.2, -0.15) is 0 Å². The van der Waals surface area contributed by atoms with Crippen LogP contribution in [0.25, 0.3) is 0 Å². The molecular formula is C20H24N2O3. The number of pyridine rings is 1. The van der Waals surface area contributed by atoms with Crippen LogP contribution >= 0.6 is 0 Å². The summed E-state index contributed by atoms with van der Waals surface area (Å²) in [6.45, 7) is 4.84. The van der Waals surface area contributed by atoms with Crippen molar-refractivity contribution >= 4 is 5.97 Å². The van der Waals surface area contributed by atoms with Gasteiger partial charge in [0.25, 0.3) is 0 Å². The Kier molecular flexibility index (Phi) is 5.66. The summed E-state index contributed by atoms with van der Waals surface area (Å²) in [6.07, 6.45) is 2.52. The summed E-state index contributed by atoms with van der Waals surface area (Å²) >= 11 is 0. The number of piperidine rings is 1. The van der Waals surface area contributed by atoms with E-state index in [1.807, 2.05) is 36.4 Å². The van der Waals surface area contributed by atoms with Gasteiger partial charge >= 0.3 is 5.97 Å². The third-order valence-electron chi connectivity index (χ3n) is 4.50. The van der Waals surface area contributed by atoms with E-state index in [0.29, 0.717) is 19.1 Å². The lowest BCUT2D eigenvalue weighted by Crippen LogP contribution is -2.41. The van der Waals surface area contributed by atoms with Crippen molar-refractivity contribution in [3.8, 4) is 5.75 Å². The van der Waals surface area contributed by atoms with Crippen molar-refractivity contribution in [2.45, 2.75) is 26.5 Å². The Morgan fingerprint density at radius 2 is 2.16 bits per heavy atom. The van der Waals surface area contributed by atoms with Gasteiger partial charge in [-0.15, -0.1) is 0 Å². The van der Waals surface area contributed by atoms with Crippen LogP contribution in [0.4, 0.5) is 0 Å². The van der Waals surface area contributed by atoms with Crippen LogP contribution in [0.2, 0.25) is 0 Å². The first kappa shape index (κ1) is 17.4. The Balaban J connectivity index is 1.60. The molecule has 1 aromatic heterocycles. The summed E-state index contributed by atoms with van der Waals surface area (Å²) in [4.78, 5) is 17.8. The number of carbonyl (C=O) groups is 1. The highest BCUT2D eigenvalue weighted by molar-refractivity contribution is 5.70. The molecule has 0 aliphatic carbocycles. The van der Waals surface area contributed by atoms with Gasteiger partial charge in [0.05, 0.1) is 11.6 Å². The molecular weight excluding hydrogens is 316 g/mol. The van der Waals surface area contributed by atoms with E-state index < -0.39 is 5.97 Å². The normalized spacial score (nSPS) is 21.0. The van der Waals surface area contributed by atoms with Crippen molar-refractivity contribution in [2.75, 3.05) is 13.1 Å². The second-order valence-corrected chi connectivity index (χ2v) is 6.83. The average Bonchev–Trinajstić information content (AvgIpc) is 2.61. The molecule has 1 aromatic carbocycles. The molecule has 5 nitrogen and oxygen atoms in total. The molecule has 25 heavy (non-hydrogen) atoms. The van der Waals surface area contributed by atoms with Crippen LogP contribution < -0.4 is 4.74 Å². The number of carboxylic acids is 1. The highest BCUT2D eigenvalue weighted by atomic mass is 16.5. The predicted octanol–water partition coefficient (Wildman–Crippen LogP) is 3.20. The summed E-state index contributed by atoms with van der Waals surface area (Å²) < 4.78 is 5.83. The zero-order chi connectivity index (χ0) is 17.6. The number of hydrogen-bond acceptors (Lipinski definition) is 4. The van der Waals surface area contributed by atoms with Gasteiger partial charge in [-0.3, -0.25) is 14.7 Å². The quantitative estimate of drug-likeness (QED) is 0.875. The Bertz CT molecular complexity index is 705. The van der Waals surface area contributed by atoms with E-state index in [9.17, 15) is 9.90 Å². The van der Waals surface area contributed by atoms with E-state index in [0.717, 1.165) is 36.5 Å². The molecule has 3 rings (SSSR count). The minimum atomic E-state index is -0.691. The molecule has 1 fully saturated rings. The Labute approximate surface area is 148 Å². The monoisotopic (exact) mass is 340 g/mol. The second kappa shape index (κ2) is 8.12. The summed E-state index contributed by atoms with van der Waals surface area (Å²) in [6, 6.07) is 13.8. The van der Waals surface area contributed by atoms with Crippen LogP contribution in [0.15, 0.2) is 48.7 Å². The van der Waals surface area contributed by atoms with Gasteiger partial charge in [0.15, 0.2) is 0 Å². The molecule has 2 aromatic rings. The molecule has 0 spiro atoms. The van der Waals surface area contributed by atoms with Gasteiger partial charge in [0.1, 0.15) is 12.4 Å². The van der Waals surface area contributed by atoms with E-state index in [1.165, 1.54) is 0 Å². The fourth-order valence-electron chi connectivity index (χ4n) is 3.40. The minimum Gasteiger partial charge on any atom is -0.487 e. The van der Waals surface area contributed by atoms with E-state index in [1.54, 1.807) is 6.20 Å². The van der Waals surface area contributed by atoms with Gasteiger partial charge in [0, 0.05) is 25.8 Å². The van der Waals surface area contributed by atoms with Crippen molar-refractivity contribution < 1.29 is 14.6 Å². The molecule has 1 saturated heterocycles. The number of benzene rings is 1. The zero-order valence-corrected chi connectivity index (χ0v) is 14.5. The van der Waals surface area contributed by atoms with Crippen molar-refractivity contribution in [3.63, 3.8) is 0 Å². The molecule has 1 aliphatic heterocycles. The highest BCUT2D eigenvalue weighted by Crippen LogP contribution is 2.24. The van der Waals surface area contributed by atoms with Gasteiger partial charge in [-0.1, -0.05) is 25.1 Å². The lowest BCUT2D eigenvalue weighted by atomic mass is 9.90. The molecule has 1 aliphatic rings.